The van der Waals surface area contributed by atoms with Gasteiger partial charge in [0.05, 0.1) is 11.4 Å². The van der Waals surface area contributed by atoms with Crippen LogP contribution in [0.4, 0.5) is 0 Å². The molecule has 0 aliphatic heterocycles. The summed E-state index contributed by atoms with van der Waals surface area (Å²) in [6.07, 6.45) is 2.09. The van der Waals surface area contributed by atoms with Crippen molar-refractivity contribution in [1.82, 2.24) is 9.38 Å². The van der Waals surface area contributed by atoms with Crippen LogP contribution < -0.4 is 0 Å². The van der Waals surface area contributed by atoms with Crippen LogP contribution in [0.3, 0.4) is 0 Å². The fourth-order valence-electron chi connectivity index (χ4n) is 7.99. The molecule has 9 aromatic rings. The second kappa shape index (κ2) is 10.4. The highest BCUT2D eigenvalue weighted by atomic mass is 16.3. The molecule has 0 bridgehead atoms. The summed E-state index contributed by atoms with van der Waals surface area (Å²) < 4.78 is 8.84. The third-order valence-electron chi connectivity index (χ3n) is 10.4. The van der Waals surface area contributed by atoms with E-state index >= 15 is 0 Å². The van der Waals surface area contributed by atoms with Crippen molar-refractivity contribution in [2.24, 2.45) is 0 Å². The topological polar surface area (TPSA) is 30.4 Å². The fraction of sp³-hybridized carbons (Fsp3) is 0.0652. The highest BCUT2D eigenvalue weighted by Gasteiger charge is 2.35. The third kappa shape index (κ3) is 4.19. The largest absolute Gasteiger partial charge is 0.455 e. The minimum absolute atomic E-state index is 0.0388. The Hall–Kier alpha value is -6.19. The van der Waals surface area contributed by atoms with E-state index in [0.29, 0.717) is 0 Å². The quantitative estimate of drug-likeness (QED) is 0.194. The van der Waals surface area contributed by atoms with Gasteiger partial charge in [-0.25, -0.2) is 4.98 Å². The molecule has 3 nitrogen and oxygen atoms in total. The molecular formula is C46H32N2O. The van der Waals surface area contributed by atoms with Crippen LogP contribution in [0.25, 0.3) is 83.5 Å². The molecule has 0 unspecified atom stereocenters. The van der Waals surface area contributed by atoms with E-state index in [1.807, 2.05) is 12.1 Å². The molecule has 232 valence electrons. The summed E-state index contributed by atoms with van der Waals surface area (Å²) in [6, 6.07) is 54.2. The molecule has 0 N–H and O–H groups in total. The maximum absolute atomic E-state index is 6.65. The number of hydrogen-bond donors (Lipinski definition) is 0. The first-order valence-electron chi connectivity index (χ1n) is 16.9. The van der Waals surface area contributed by atoms with Gasteiger partial charge in [0.1, 0.15) is 16.8 Å². The Balaban J connectivity index is 1.09. The second-order valence-electron chi connectivity index (χ2n) is 13.6. The lowest BCUT2D eigenvalue weighted by Crippen LogP contribution is -2.14. The van der Waals surface area contributed by atoms with E-state index in [-0.39, 0.29) is 5.41 Å². The standard InChI is InChI=1S/C46H32N2O/c1-46(2)39-19-7-6-16-35(39)36-23-21-31(28-40(36)46)30-22-24-41-38(27-30)37-18-11-17-34(45(37)49-41)32-14-10-15-33(26-32)44-43(29-12-4-3-5-13-29)47-42-20-8-9-25-48(42)44/h3-28H,1-2H3. The SMILES string of the molecule is CC1(C)c2ccccc2-c2ccc(-c3ccc4oc5c(-c6cccc(-c7c(-c8ccccc8)nc8ccccn78)c6)cccc5c4c3)cc21. The predicted molar refractivity (Wildman–Crippen MR) is 202 cm³/mol. The van der Waals surface area contributed by atoms with Gasteiger partial charge in [0.15, 0.2) is 0 Å². The van der Waals surface area contributed by atoms with Crippen molar-refractivity contribution >= 4 is 27.6 Å². The van der Waals surface area contributed by atoms with Gasteiger partial charge in [-0.1, -0.05) is 129 Å². The van der Waals surface area contributed by atoms with Crippen LogP contribution in [0.1, 0.15) is 25.0 Å². The first kappa shape index (κ1) is 27.9. The number of benzene rings is 6. The zero-order chi connectivity index (χ0) is 32.7. The summed E-state index contributed by atoms with van der Waals surface area (Å²) in [4.78, 5) is 5.06. The summed E-state index contributed by atoms with van der Waals surface area (Å²) in [5.41, 5.74) is 17.0. The molecule has 6 aromatic carbocycles. The Morgan fingerprint density at radius 1 is 0.510 bits per heavy atom. The van der Waals surface area contributed by atoms with Crippen LogP contribution in [0.2, 0.25) is 0 Å². The zero-order valence-corrected chi connectivity index (χ0v) is 27.3. The van der Waals surface area contributed by atoms with Gasteiger partial charge in [0.25, 0.3) is 0 Å². The molecule has 1 aliphatic carbocycles. The fourth-order valence-corrected chi connectivity index (χ4v) is 7.99. The Morgan fingerprint density at radius 3 is 2.14 bits per heavy atom. The van der Waals surface area contributed by atoms with Crippen molar-refractivity contribution in [3.8, 4) is 55.9 Å². The first-order valence-corrected chi connectivity index (χ1v) is 16.9. The van der Waals surface area contributed by atoms with Gasteiger partial charge in [-0.2, -0.15) is 0 Å². The second-order valence-corrected chi connectivity index (χ2v) is 13.6. The average molecular weight is 629 g/mol. The number of fused-ring (bicyclic) bond motifs is 7. The third-order valence-corrected chi connectivity index (χ3v) is 10.4. The van der Waals surface area contributed by atoms with Crippen molar-refractivity contribution in [2.45, 2.75) is 19.3 Å². The molecular weight excluding hydrogens is 597 g/mol. The first-order chi connectivity index (χ1) is 24.0. The summed E-state index contributed by atoms with van der Waals surface area (Å²) in [7, 11) is 0. The van der Waals surface area contributed by atoms with E-state index in [9.17, 15) is 0 Å². The van der Waals surface area contributed by atoms with Crippen LogP contribution in [-0.4, -0.2) is 9.38 Å². The van der Waals surface area contributed by atoms with Crippen LogP contribution in [-0.2, 0) is 5.41 Å². The van der Waals surface area contributed by atoms with Gasteiger partial charge in [0.2, 0.25) is 0 Å². The van der Waals surface area contributed by atoms with Gasteiger partial charge < -0.3 is 4.42 Å². The summed E-state index contributed by atoms with van der Waals surface area (Å²) in [6.45, 7) is 4.67. The van der Waals surface area contributed by atoms with Gasteiger partial charge in [-0.05, 0) is 75.3 Å². The summed E-state index contributed by atoms with van der Waals surface area (Å²) >= 11 is 0. The van der Waals surface area contributed by atoms with E-state index in [0.717, 1.165) is 61.2 Å². The molecule has 1 aliphatic rings. The number of pyridine rings is 1. The lowest BCUT2D eigenvalue weighted by molar-refractivity contribution is 0.660. The predicted octanol–water partition coefficient (Wildman–Crippen LogP) is 12.2. The molecule has 0 radical (unpaired) electrons. The van der Waals surface area contributed by atoms with Gasteiger partial charge >= 0.3 is 0 Å². The van der Waals surface area contributed by atoms with E-state index in [1.165, 1.54) is 33.4 Å². The molecule has 0 saturated carbocycles. The van der Waals surface area contributed by atoms with E-state index in [4.69, 9.17) is 9.40 Å². The monoisotopic (exact) mass is 628 g/mol. The zero-order valence-electron chi connectivity index (χ0n) is 27.3. The number of furan rings is 1. The summed E-state index contributed by atoms with van der Waals surface area (Å²) in [5.74, 6) is 0. The number of aromatic nitrogens is 2. The minimum Gasteiger partial charge on any atom is -0.455 e. The Morgan fingerprint density at radius 2 is 1.22 bits per heavy atom. The summed E-state index contributed by atoms with van der Waals surface area (Å²) in [5, 5.41) is 2.25. The highest BCUT2D eigenvalue weighted by molar-refractivity contribution is 6.10. The molecule has 3 heteroatoms. The molecule has 10 rings (SSSR count). The number of imidazole rings is 1. The molecule has 0 atom stereocenters. The number of para-hydroxylation sites is 1. The molecule has 49 heavy (non-hydrogen) atoms. The lowest BCUT2D eigenvalue weighted by Gasteiger charge is -2.22. The van der Waals surface area contributed by atoms with Crippen molar-refractivity contribution in [3.63, 3.8) is 0 Å². The molecule has 0 amide bonds. The van der Waals surface area contributed by atoms with Crippen molar-refractivity contribution in [2.75, 3.05) is 0 Å². The number of hydrogen-bond acceptors (Lipinski definition) is 2. The van der Waals surface area contributed by atoms with Gasteiger partial charge in [-0.3, -0.25) is 4.40 Å². The van der Waals surface area contributed by atoms with Crippen LogP contribution in [0.5, 0.6) is 0 Å². The number of nitrogens with zero attached hydrogens (tertiary/aromatic N) is 2. The highest BCUT2D eigenvalue weighted by Crippen LogP contribution is 2.50. The van der Waals surface area contributed by atoms with Gasteiger partial charge in [0, 0.05) is 39.1 Å². The van der Waals surface area contributed by atoms with E-state index in [1.54, 1.807) is 0 Å². The minimum atomic E-state index is -0.0388. The van der Waals surface area contributed by atoms with Crippen LogP contribution in [0, 0.1) is 0 Å². The van der Waals surface area contributed by atoms with Crippen LogP contribution in [0.15, 0.2) is 162 Å². The van der Waals surface area contributed by atoms with Gasteiger partial charge in [-0.15, -0.1) is 0 Å². The van der Waals surface area contributed by atoms with E-state index < -0.39 is 0 Å². The van der Waals surface area contributed by atoms with Crippen molar-refractivity contribution in [1.29, 1.82) is 0 Å². The maximum Gasteiger partial charge on any atom is 0.143 e. The van der Waals surface area contributed by atoms with Crippen LogP contribution >= 0.6 is 0 Å². The molecule has 0 fully saturated rings. The molecule has 3 heterocycles. The molecule has 0 saturated heterocycles. The molecule has 0 spiro atoms. The van der Waals surface area contributed by atoms with Crippen molar-refractivity contribution in [3.05, 3.63) is 169 Å². The molecule has 3 aromatic heterocycles. The average Bonchev–Trinajstić information content (AvgIpc) is 3.80. The Labute approximate surface area is 284 Å². The number of rotatable bonds is 4. The van der Waals surface area contributed by atoms with E-state index in [2.05, 4.69) is 164 Å². The maximum atomic E-state index is 6.65. The lowest BCUT2D eigenvalue weighted by atomic mass is 9.81. The van der Waals surface area contributed by atoms with Crippen molar-refractivity contribution < 1.29 is 4.42 Å². The normalized spacial score (nSPS) is 13.3. The Bertz CT molecular complexity index is 2750. The smallest absolute Gasteiger partial charge is 0.143 e. The Kier molecular flexibility index (Phi) is 5.92.